The fourth-order valence-electron chi connectivity index (χ4n) is 2.15. The standard InChI is InChI=1S/C18H14ClN3O5/c1-26-14-5-3-11(17(9-14)27-2)7-12(10-20)18(23)21-16-6-4-13(22(24)25)8-15(16)19/h3-9H,1-2H3,(H,21,23). The number of hydrogen-bond donors (Lipinski definition) is 1. The average Bonchev–Trinajstić information content (AvgIpc) is 2.67. The molecular weight excluding hydrogens is 374 g/mol. The number of rotatable bonds is 6. The molecule has 1 N–H and O–H groups in total. The molecule has 0 aliphatic carbocycles. The number of benzene rings is 2. The molecule has 0 aliphatic rings. The Balaban J connectivity index is 2.30. The van der Waals surface area contributed by atoms with Crippen molar-refractivity contribution in [1.29, 1.82) is 5.26 Å². The highest BCUT2D eigenvalue weighted by molar-refractivity contribution is 6.34. The van der Waals surface area contributed by atoms with Crippen LogP contribution in [0.2, 0.25) is 5.02 Å². The third-order valence-corrected chi connectivity index (χ3v) is 3.83. The number of nitrogens with one attached hydrogen (secondary N) is 1. The van der Waals surface area contributed by atoms with Gasteiger partial charge in [0.05, 0.1) is 29.9 Å². The quantitative estimate of drug-likeness (QED) is 0.349. The van der Waals surface area contributed by atoms with Crippen LogP contribution in [0.3, 0.4) is 0 Å². The summed E-state index contributed by atoms with van der Waals surface area (Å²) in [6, 6.07) is 10.3. The van der Waals surface area contributed by atoms with E-state index in [2.05, 4.69) is 5.32 Å². The monoisotopic (exact) mass is 387 g/mol. The molecule has 0 unspecified atom stereocenters. The number of hydrogen-bond acceptors (Lipinski definition) is 6. The molecule has 0 atom stereocenters. The number of nitrogens with zero attached hydrogens (tertiary/aromatic N) is 2. The SMILES string of the molecule is COc1ccc(C=C(C#N)C(=O)Nc2ccc([N+](=O)[O-])cc2Cl)c(OC)c1. The van der Waals surface area contributed by atoms with Crippen LogP contribution in [0.5, 0.6) is 11.5 Å². The zero-order valence-electron chi connectivity index (χ0n) is 14.4. The van der Waals surface area contributed by atoms with Gasteiger partial charge in [0.2, 0.25) is 0 Å². The van der Waals surface area contributed by atoms with Crippen molar-refractivity contribution in [2.45, 2.75) is 0 Å². The van der Waals surface area contributed by atoms with Gasteiger partial charge in [-0.15, -0.1) is 0 Å². The summed E-state index contributed by atoms with van der Waals surface area (Å²) in [5, 5.41) is 22.5. The molecule has 0 fully saturated rings. The van der Waals surface area contributed by atoms with E-state index in [1.807, 2.05) is 6.07 Å². The molecule has 0 radical (unpaired) electrons. The number of carbonyl (C=O) groups excluding carboxylic acids is 1. The second-order valence-electron chi connectivity index (χ2n) is 5.15. The lowest BCUT2D eigenvalue weighted by Crippen LogP contribution is -2.14. The fourth-order valence-corrected chi connectivity index (χ4v) is 2.37. The van der Waals surface area contributed by atoms with E-state index in [9.17, 15) is 20.2 Å². The van der Waals surface area contributed by atoms with Gasteiger partial charge in [0.15, 0.2) is 0 Å². The first-order valence-electron chi connectivity index (χ1n) is 7.48. The van der Waals surface area contributed by atoms with Crippen LogP contribution in [0.1, 0.15) is 5.56 Å². The number of non-ortho nitro benzene ring substituents is 1. The van der Waals surface area contributed by atoms with Crippen LogP contribution in [-0.2, 0) is 4.79 Å². The van der Waals surface area contributed by atoms with Crippen LogP contribution in [0.4, 0.5) is 11.4 Å². The lowest BCUT2D eigenvalue weighted by molar-refractivity contribution is -0.384. The largest absolute Gasteiger partial charge is 0.497 e. The van der Waals surface area contributed by atoms with Crippen molar-refractivity contribution in [2.75, 3.05) is 19.5 Å². The minimum atomic E-state index is -0.717. The zero-order valence-corrected chi connectivity index (χ0v) is 15.1. The Morgan fingerprint density at radius 2 is 2.00 bits per heavy atom. The van der Waals surface area contributed by atoms with E-state index in [-0.39, 0.29) is 22.0 Å². The number of anilines is 1. The normalized spacial score (nSPS) is 10.7. The molecule has 0 saturated heterocycles. The summed E-state index contributed by atoms with van der Waals surface area (Å²) in [6.45, 7) is 0. The van der Waals surface area contributed by atoms with E-state index in [0.717, 1.165) is 6.07 Å². The van der Waals surface area contributed by atoms with Crippen molar-refractivity contribution >= 4 is 35.0 Å². The first-order chi connectivity index (χ1) is 12.9. The van der Waals surface area contributed by atoms with Crippen LogP contribution >= 0.6 is 11.6 Å². The van der Waals surface area contributed by atoms with E-state index in [0.29, 0.717) is 17.1 Å². The number of carbonyl (C=O) groups is 1. The predicted molar refractivity (Wildman–Crippen MR) is 99.9 cm³/mol. The van der Waals surface area contributed by atoms with Gasteiger partial charge in [-0.2, -0.15) is 5.26 Å². The molecule has 1 amide bonds. The van der Waals surface area contributed by atoms with Crippen molar-refractivity contribution in [3.63, 3.8) is 0 Å². The number of nitro groups is 1. The summed E-state index contributed by atoms with van der Waals surface area (Å²) in [5.41, 5.74) is 0.236. The number of nitriles is 1. The molecule has 0 heterocycles. The second-order valence-corrected chi connectivity index (χ2v) is 5.56. The number of ether oxygens (including phenoxy) is 2. The van der Waals surface area contributed by atoms with Crippen LogP contribution in [-0.4, -0.2) is 25.1 Å². The lowest BCUT2D eigenvalue weighted by Gasteiger charge is -2.09. The summed E-state index contributed by atoms with van der Waals surface area (Å²) < 4.78 is 10.3. The Bertz CT molecular complexity index is 966. The van der Waals surface area contributed by atoms with Gasteiger partial charge in [-0.3, -0.25) is 14.9 Å². The maximum Gasteiger partial charge on any atom is 0.271 e. The Morgan fingerprint density at radius 3 is 2.56 bits per heavy atom. The van der Waals surface area contributed by atoms with E-state index < -0.39 is 10.8 Å². The Kier molecular flexibility index (Phi) is 6.36. The number of nitro benzene ring substituents is 1. The zero-order chi connectivity index (χ0) is 20.0. The maximum atomic E-state index is 12.4. The average molecular weight is 388 g/mol. The van der Waals surface area contributed by atoms with E-state index in [1.165, 1.54) is 32.4 Å². The number of methoxy groups -OCH3 is 2. The van der Waals surface area contributed by atoms with Gasteiger partial charge >= 0.3 is 0 Å². The summed E-state index contributed by atoms with van der Waals surface area (Å²) in [5.74, 6) is 0.263. The van der Waals surface area contributed by atoms with Gasteiger partial charge in [-0.1, -0.05) is 11.6 Å². The van der Waals surface area contributed by atoms with Crippen molar-refractivity contribution in [3.8, 4) is 17.6 Å². The van der Waals surface area contributed by atoms with Crippen molar-refractivity contribution in [3.05, 3.63) is 62.7 Å². The van der Waals surface area contributed by atoms with Gasteiger partial charge in [-0.05, 0) is 24.3 Å². The summed E-state index contributed by atoms with van der Waals surface area (Å²) in [4.78, 5) is 22.5. The molecule has 9 heteroatoms. The molecule has 0 aliphatic heterocycles. The Hall–Kier alpha value is -3.57. The van der Waals surface area contributed by atoms with Crippen LogP contribution in [0, 0.1) is 21.4 Å². The lowest BCUT2D eigenvalue weighted by atomic mass is 10.1. The van der Waals surface area contributed by atoms with Gasteiger partial charge in [-0.25, -0.2) is 0 Å². The molecule has 2 aromatic rings. The molecule has 0 aromatic heterocycles. The highest BCUT2D eigenvalue weighted by Gasteiger charge is 2.15. The molecule has 0 bridgehead atoms. The summed E-state index contributed by atoms with van der Waals surface area (Å²) in [6.07, 6.45) is 1.35. The number of halogens is 1. The van der Waals surface area contributed by atoms with E-state index in [4.69, 9.17) is 21.1 Å². The molecule has 2 aromatic carbocycles. The molecular formula is C18H14ClN3O5. The number of amides is 1. The molecule has 0 spiro atoms. The van der Waals surface area contributed by atoms with Crippen molar-refractivity contribution in [2.24, 2.45) is 0 Å². The van der Waals surface area contributed by atoms with Gasteiger partial charge in [0.25, 0.3) is 11.6 Å². The highest BCUT2D eigenvalue weighted by atomic mass is 35.5. The molecule has 27 heavy (non-hydrogen) atoms. The predicted octanol–water partition coefficient (Wildman–Crippen LogP) is 3.81. The van der Waals surface area contributed by atoms with Crippen LogP contribution in [0.25, 0.3) is 6.08 Å². The minimum Gasteiger partial charge on any atom is -0.497 e. The fraction of sp³-hybridized carbons (Fsp3) is 0.111. The third kappa shape index (κ3) is 4.74. The first-order valence-corrected chi connectivity index (χ1v) is 7.86. The molecule has 0 saturated carbocycles. The topological polar surface area (TPSA) is 114 Å². The third-order valence-electron chi connectivity index (χ3n) is 3.52. The second kappa shape index (κ2) is 8.69. The molecule has 8 nitrogen and oxygen atoms in total. The molecule has 138 valence electrons. The van der Waals surface area contributed by atoms with Gasteiger partial charge in [0, 0.05) is 23.8 Å². The first kappa shape index (κ1) is 19.8. The minimum absolute atomic E-state index is 0.0168. The summed E-state index contributed by atoms with van der Waals surface area (Å²) >= 11 is 5.95. The van der Waals surface area contributed by atoms with Gasteiger partial charge < -0.3 is 14.8 Å². The smallest absolute Gasteiger partial charge is 0.271 e. The van der Waals surface area contributed by atoms with Crippen LogP contribution < -0.4 is 14.8 Å². The Morgan fingerprint density at radius 1 is 1.26 bits per heavy atom. The van der Waals surface area contributed by atoms with E-state index >= 15 is 0 Å². The van der Waals surface area contributed by atoms with Crippen molar-refractivity contribution < 1.29 is 19.2 Å². The van der Waals surface area contributed by atoms with E-state index in [1.54, 1.807) is 18.2 Å². The van der Waals surface area contributed by atoms with Crippen molar-refractivity contribution in [1.82, 2.24) is 0 Å². The van der Waals surface area contributed by atoms with Crippen LogP contribution in [0.15, 0.2) is 42.0 Å². The molecule has 2 rings (SSSR count). The Labute approximate surface area is 159 Å². The maximum absolute atomic E-state index is 12.4. The highest BCUT2D eigenvalue weighted by Crippen LogP contribution is 2.28. The van der Waals surface area contributed by atoms with Gasteiger partial charge in [0.1, 0.15) is 23.1 Å². The summed E-state index contributed by atoms with van der Waals surface area (Å²) in [7, 11) is 2.96.